The fourth-order valence-electron chi connectivity index (χ4n) is 1.89. The largest absolute Gasteiger partial charge is 0.378 e. The maximum Gasteiger partial charge on any atom is 0.146 e. The molecular weight excluding hydrogens is 297 g/mol. The topological polar surface area (TPSA) is 29.9 Å². The number of anilines is 1. The van der Waals surface area contributed by atoms with Crippen molar-refractivity contribution < 1.29 is 4.39 Å². The summed E-state index contributed by atoms with van der Waals surface area (Å²) in [4.78, 5) is 0. The molecule has 0 saturated carbocycles. The van der Waals surface area contributed by atoms with Gasteiger partial charge in [-0.3, -0.25) is 4.68 Å². The highest BCUT2D eigenvalue weighted by Crippen LogP contribution is 2.21. The molecule has 0 aliphatic heterocycles. The fourth-order valence-corrected chi connectivity index (χ4v) is 2.25. The Hall–Kier alpha value is -1.36. The smallest absolute Gasteiger partial charge is 0.146 e. The van der Waals surface area contributed by atoms with Crippen LogP contribution in [0.4, 0.5) is 10.1 Å². The standard InChI is InChI=1S/C13H15BrFN3/c1-8-11(9(2)18(3)17-8)7-16-13-6-10(14)4-5-12(13)15/h4-6,16H,7H2,1-3H3. The number of rotatable bonds is 3. The van der Waals surface area contributed by atoms with E-state index in [2.05, 4.69) is 26.3 Å². The van der Waals surface area contributed by atoms with Gasteiger partial charge >= 0.3 is 0 Å². The summed E-state index contributed by atoms with van der Waals surface area (Å²) in [7, 11) is 1.91. The van der Waals surface area contributed by atoms with Gasteiger partial charge in [-0.25, -0.2) is 4.39 Å². The molecule has 5 heteroatoms. The average molecular weight is 312 g/mol. The first kappa shape index (κ1) is 13.1. The van der Waals surface area contributed by atoms with E-state index in [1.165, 1.54) is 6.07 Å². The number of halogens is 2. The summed E-state index contributed by atoms with van der Waals surface area (Å²) in [6, 6.07) is 4.85. The lowest BCUT2D eigenvalue weighted by Gasteiger charge is -2.08. The molecule has 0 aliphatic carbocycles. The van der Waals surface area contributed by atoms with E-state index < -0.39 is 0 Å². The van der Waals surface area contributed by atoms with E-state index in [-0.39, 0.29) is 5.82 Å². The molecule has 18 heavy (non-hydrogen) atoms. The van der Waals surface area contributed by atoms with E-state index >= 15 is 0 Å². The Kier molecular flexibility index (Phi) is 3.71. The highest BCUT2D eigenvalue weighted by Gasteiger charge is 2.10. The molecule has 0 spiro atoms. The Balaban J connectivity index is 2.19. The molecular formula is C13H15BrFN3. The van der Waals surface area contributed by atoms with Crippen molar-refractivity contribution in [2.45, 2.75) is 20.4 Å². The number of nitrogens with one attached hydrogen (secondary N) is 1. The summed E-state index contributed by atoms with van der Waals surface area (Å²) in [6.45, 7) is 4.54. The lowest BCUT2D eigenvalue weighted by atomic mass is 10.2. The lowest BCUT2D eigenvalue weighted by molar-refractivity contribution is 0.630. The van der Waals surface area contributed by atoms with Crippen LogP contribution in [0.3, 0.4) is 0 Å². The first-order chi connectivity index (χ1) is 8.49. The van der Waals surface area contributed by atoms with E-state index in [0.717, 1.165) is 21.4 Å². The van der Waals surface area contributed by atoms with Crippen molar-refractivity contribution in [3.05, 3.63) is 45.4 Å². The lowest BCUT2D eigenvalue weighted by Crippen LogP contribution is -2.04. The third-order valence-electron chi connectivity index (χ3n) is 3.04. The number of hydrogen-bond donors (Lipinski definition) is 1. The molecule has 0 saturated heterocycles. The van der Waals surface area contributed by atoms with Crippen LogP contribution in [0.25, 0.3) is 0 Å². The summed E-state index contributed by atoms with van der Waals surface area (Å²) in [5.74, 6) is -0.252. The minimum Gasteiger partial charge on any atom is -0.378 e. The zero-order valence-electron chi connectivity index (χ0n) is 10.6. The molecule has 0 unspecified atom stereocenters. The van der Waals surface area contributed by atoms with Gasteiger partial charge < -0.3 is 5.32 Å². The van der Waals surface area contributed by atoms with Crippen LogP contribution in [0.2, 0.25) is 0 Å². The fraction of sp³-hybridized carbons (Fsp3) is 0.308. The average Bonchev–Trinajstić information content (AvgIpc) is 2.55. The number of nitrogens with zero attached hydrogens (tertiary/aromatic N) is 2. The van der Waals surface area contributed by atoms with Gasteiger partial charge in [-0.15, -0.1) is 0 Å². The predicted molar refractivity (Wildman–Crippen MR) is 74.1 cm³/mol. The maximum atomic E-state index is 13.6. The van der Waals surface area contributed by atoms with E-state index in [1.807, 2.05) is 25.6 Å². The van der Waals surface area contributed by atoms with Crippen molar-refractivity contribution in [1.29, 1.82) is 0 Å². The van der Waals surface area contributed by atoms with E-state index in [4.69, 9.17) is 0 Å². The van der Waals surface area contributed by atoms with E-state index in [1.54, 1.807) is 12.1 Å². The van der Waals surface area contributed by atoms with Gasteiger partial charge in [0.1, 0.15) is 5.82 Å². The van der Waals surface area contributed by atoms with Gasteiger partial charge in [-0.1, -0.05) is 15.9 Å². The summed E-state index contributed by atoms with van der Waals surface area (Å²) in [5, 5.41) is 7.44. The van der Waals surface area contributed by atoms with Crippen LogP contribution in [-0.4, -0.2) is 9.78 Å². The normalized spacial score (nSPS) is 10.7. The van der Waals surface area contributed by atoms with E-state index in [0.29, 0.717) is 12.2 Å². The first-order valence-electron chi connectivity index (χ1n) is 5.67. The molecule has 2 aromatic rings. The van der Waals surface area contributed by atoms with Crippen molar-refractivity contribution in [2.75, 3.05) is 5.32 Å². The van der Waals surface area contributed by atoms with Gasteiger partial charge in [-0.05, 0) is 32.0 Å². The van der Waals surface area contributed by atoms with Crippen molar-refractivity contribution >= 4 is 21.6 Å². The van der Waals surface area contributed by atoms with Crippen molar-refractivity contribution in [1.82, 2.24) is 9.78 Å². The highest BCUT2D eigenvalue weighted by molar-refractivity contribution is 9.10. The van der Waals surface area contributed by atoms with Crippen LogP contribution in [-0.2, 0) is 13.6 Å². The predicted octanol–water partition coefficient (Wildman–Crippen LogP) is 3.55. The second kappa shape index (κ2) is 5.10. The molecule has 0 fully saturated rings. The SMILES string of the molecule is Cc1nn(C)c(C)c1CNc1cc(Br)ccc1F. The summed E-state index contributed by atoms with van der Waals surface area (Å²) < 4.78 is 16.3. The molecule has 0 radical (unpaired) electrons. The molecule has 1 aromatic carbocycles. The van der Waals surface area contributed by atoms with Gasteiger partial charge in [-0.2, -0.15) is 5.10 Å². The monoisotopic (exact) mass is 311 g/mol. The van der Waals surface area contributed by atoms with Crippen molar-refractivity contribution in [3.63, 3.8) is 0 Å². The Morgan fingerprint density at radius 1 is 1.39 bits per heavy atom. The molecule has 96 valence electrons. The Bertz CT molecular complexity index is 578. The highest BCUT2D eigenvalue weighted by atomic mass is 79.9. The molecule has 1 heterocycles. The van der Waals surface area contributed by atoms with Gasteiger partial charge in [0, 0.05) is 29.3 Å². The molecule has 1 N–H and O–H groups in total. The maximum absolute atomic E-state index is 13.6. The summed E-state index contributed by atoms with van der Waals surface area (Å²) >= 11 is 3.33. The second-order valence-electron chi connectivity index (χ2n) is 4.25. The zero-order chi connectivity index (χ0) is 13.3. The van der Waals surface area contributed by atoms with Gasteiger partial charge in [0.2, 0.25) is 0 Å². The number of aromatic nitrogens is 2. The molecule has 0 atom stereocenters. The molecule has 0 aliphatic rings. The van der Waals surface area contributed by atoms with E-state index in [9.17, 15) is 4.39 Å². The van der Waals surface area contributed by atoms with Crippen LogP contribution in [0.1, 0.15) is 17.0 Å². The Morgan fingerprint density at radius 3 is 2.72 bits per heavy atom. The zero-order valence-corrected chi connectivity index (χ0v) is 12.2. The Labute approximate surface area is 114 Å². The molecule has 2 rings (SSSR count). The van der Waals surface area contributed by atoms with Gasteiger partial charge in [0.05, 0.1) is 11.4 Å². The van der Waals surface area contributed by atoms with Crippen molar-refractivity contribution in [2.24, 2.45) is 7.05 Å². The Morgan fingerprint density at radius 2 is 2.11 bits per heavy atom. The third-order valence-corrected chi connectivity index (χ3v) is 3.54. The van der Waals surface area contributed by atoms with Crippen LogP contribution in [0, 0.1) is 19.7 Å². The minimum absolute atomic E-state index is 0.252. The summed E-state index contributed by atoms with van der Waals surface area (Å²) in [5.41, 5.74) is 3.66. The van der Waals surface area contributed by atoms with Gasteiger partial charge in [0.25, 0.3) is 0 Å². The van der Waals surface area contributed by atoms with Crippen molar-refractivity contribution in [3.8, 4) is 0 Å². The summed E-state index contributed by atoms with van der Waals surface area (Å²) in [6.07, 6.45) is 0. The number of hydrogen-bond acceptors (Lipinski definition) is 2. The van der Waals surface area contributed by atoms with Crippen LogP contribution in [0.15, 0.2) is 22.7 Å². The molecule has 0 bridgehead atoms. The second-order valence-corrected chi connectivity index (χ2v) is 5.17. The third kappa shape index (κ3) is 2.56. The number of benzene rings is 1. The van der Waals surface area contributed by atoms with Crippen LogP contribution < -0.4 is 5.32 Å². The van der Waals surface area contributed by atoms with Gasteiger partial charge in [0.15, 0.2) is 0 Å². The molecule has 0 amide bonds. The first-order valence-corrected chi connectivity index (χ1v) is 6.46. The quantitative estimate of drug-likeness (QED) is 0.939. The molecule has 1 aromatic heterocycles. The number of aryl methyl sites for hydroxylation is 2. The van der Waals surface area contributed by atoms with Crippen LogP contribution in [0.5, 0.6) is 0 Å². The van der Waals surface area contributed by atoms with Crippen LogP contribution >= 0.6 is 15.9 Å². The molecule has 3 nitrogen and oxygen atoms in total. The minimum atomic E-state index is -0.252.